The molecule has 0 aliphatic heterocycles. The van der Waals surface area contributed by atoms with Gasteiger partial charge in [0, 0.05) is 61.4 Å². The molecular formula is C34H35ClN2O3S. The van der Waals surface area contributed by atoms with Crippen LogP contribution in [0.15, 0.2) is 83.9 Å². The molecule has 0 atom stereocenters. The Bertz CT molecular complexity index is 1710. The van der Waals surface area contributed by atoms with Crippen molar-refractivity contribution in [2.75, 3.05) is 0 Å². The van der Waals surface area contributed by atoms with E-state index in [0.29, 0.717) is 24.6 Å². The van der Waals surface area contributed by atoms with Gasteiger partial charge in [-0.25, -0.2) is 0 Å². The number of carbonyl (C=O) groups is 1. The summed E-state index contributed by atoms with van der Waals surface area (Å²) in [5.74, 6) is -0.0528. The van der Waals surface area contributed by atoms with Crippen LogP contribution in [-0.2, 0) is 24.4 Å². The molecule has 0 spiro atoms. The lowest BCUT2D eigenvalue weighted by atomic mass is 9.88. The Balaban J connectivity index is 1.61. The van der Waals surface area contributed by atoms with E-state index in [0.717, 1.165) is 49.3 Å². The van der Waals surface area contributed by atoms with Crippen molar-refractivity contribution >= 4 is 51.1 Å². The molecule has 0 saturated heterocycles. The highest BCUT2D eigenvalue weighted by molar-refractivity contribution is 8.00. The van der Waals surface area contributed by atoms with E-state index >= 15 is 0 Å². The van der Waals surface area contributed by atoms with Crippen molar-refractivity contribution in [1.82, 2.24) is 9.55 Å². The van der Waals surface area contributed by atoms with Crippen LogP contribution in [0.5, 0.6) is 5.75 Å². The van der Waals surface area contributed by atoms with Crippen molar-refractivity contribution in [3.8, 4) is 5.75 Å². The van der Waals surface area contributed by atoms with E-state index in [-0.39, 0.29) is 4.75 Å². The van der Waals surface area contributed by atoms with Crippen LogP contribution in [0.3, 0.4) is 0 Å². The first-order valence-electron chi connectivity index (χ1n) is 13.7. The van der Waals surface area contributed by atoms with E-state index in [2.05, 4.69) is 48.5 Å². The number of thioether (sulfide) groups is 1. The van der Waals surface area contributed by atoms with Crippen LogP contribution in [0, 0.1) is 5.41 Å². The van der Waals surface area contributed by atoms with Gasteiger partial charge in [-0.05, 0) is 61.9 Å². The summed E-state index contributed by atoms with van der Waals surface area (Å²) < 4.78 is 8.53. The average Bonchev–Trinajstić information content (AvgIpc) is 3.18. The standard InChI is InChI=1S/C34H35ClN2O3S/c1-33(2,3)41-31-27-18-25(40-21-23-16-17-36-28-9-7-6-8-26(23)28)14-15-29(27)37(20-22-10-12-24(35)13-11-22)30(31)19-34(4,5)32(38)39/h6-18H,19-21H2,1-5H3,(H,38,39). The quantitative estimate of drug-likeness (QED) is 0.175. The molecule has 5 nitrogen and oxygen atoms in total. The van der Waals surface area contributed by atoms with Crippen molar-refractivity contribution in [2.24, 2.45) is 5.41 Å². The van der Waals surface area contributed by atoms with E-state index in [1.54, 1.807) is 25.6 Å². The zero-order valence-electron chi connectivity index (χ0n) is 24.1. The molecule has 0 unspecified atom stereocenters. The van der Waals surface area contributed by atoms with Crippen molar-refractivity contribution in [3.05, 3.63) is 101 Å². The lowest BCUT2D eigenvalue weighted by Crippen LogP contribution is -2.28. The second-order valence-corrected chi connectivity index (χ2v) is 14.3. The molecule has 0 radical (unpaired) electrons. The minimum atomic E-state index is -0.943. The summed E-state index contributed by atoms with van der Waals surface area (Å²) in [6, 6.07) is 24.1. The van der Waals surface area contributed by atoms with Gasteiger partial charge in [0.15, 0.2) is 0 Å². The number of fused-ring (bicyclic) bond motifs is 2. The number of rotatable bonds is 9. The van der Waals surface area contributed by atoms with Crippen LogP contribution in [0.4, 0.5) is 0 Å². The number of halogens is 1. The summed E-state index contributed by atoms with van der Waals surface area (Å²) in [6.45, 7) is 11.1. The lowest BCUT2D eigenvalue weighted by molar-refractivity contribution is -0.146. The van der Waals surface area contributed by atoms with E-state index in [1.807, 2.05) is 60.8 Å². The minimum absolute atomic E-state index is 0.0890. The largest absolute Gasteiger partial charge is 0.489 e. The Morgan fingerprint density at radius 1 is 0.976 bits per heavy atom. The SMILES string of the molecule is CC(C)(C)Sc1c(CC(C)(C)C(=O)O)n(Cc2ccc(Cl)cc2)c2ccc(OCc3ccnc4ccccc34)cc12. The number of aromatic nitrogens is 2. The lowest BCUT2D eigenvalue weighted by Gasteiger charge is -2.24. The second-order valence-electron chi connectivity index (χ2n) is 12.0. The van der Waals surface area contributed by atoms with Gasteiger partial charge in [-0.15, -0.1) is 11.8 Å². The van der Waals surface area contributed by atoms with Crippen LogP contribution < -0.4 is 4.74 Å². The minimum Gasteiger partial charge on any atom is -0.489 e. The topological polar surface area (TPSA) is 64.3 Å². The third-order valence-corrected chi connectivity index (χ3v) is 8.60. The highest BCUT2D eigenvalue weighted by Crippen LogP contribution is 2.44. The maximum Gasteiger partial charge on any atom is 0.309 e. The molecule has 0 amide bonds. The molecule has 5 rings (SSSR count). The molecule has 5 aromatic rings. The van der Waals surface area contributed by atoms with Gasteiger partial charge in [-0.2, -0.15) is 0 Å². The molecule has 0 saturated carbocycles. The van der Waals surface area contributed by atoms with Gasteiger partial charge in [-0.1, -0.05) is 62.7 Å². The van der Waals surface area contributed by atoms with Crippen LogP contribution in [-0.4, -0.2) is 25.4 Å². The predicted octanol–water partition coefficient (Wildman–Crippen LogP) is 9.01. The van der Waals surface area contributed by atoms with E-state index in [1.165, 1.54) is 0 Å². The Morgan fingerprint density at radius 2 is 1.71 bits per heavy atom. The first-order valence-corrected chi connectivity index (χ1v) is 14.9. The maximum atomic E-state index is 12.3. The third-order valence-electron chi connectivity index (χ3n) is 7.08. The third kappa shape index (κ3) is 6.55. The molecule has 1 N–H and O–H groups in total. The molecule has 3 aromatic carbocycles. The number of nitrogens with zero attached hydrogens (tertiary/aromatic N) is 2. The van der Waals surface area contributed by atoms with Gasteiger partial charge in [0.1, 0.15) is 12.4 Å². The number of aliphatic carboxylic acids is 1. The predicted molar refractivity (Wildman–Crippen MR) is 169 cm³/mol. The summed E-state index contributed by atoms with van der Waals surface area (Å²) in [6.07, 6.45) is 2.21. The molecule has 2 heterocycles. The Kier molecular flexibility index (Phi) is 8.09. The van der Waals surface area contributed by atoms with Crippen LogP contribution in [0.1, 0.15) is 51.4 Å². The van der Waals surface area contributed by atoms with Crippen molar-refractivity contribution in [1.29, 1.82) is 0 Å². The fourth-order valence-corrected chi connectivity index (χ4v) is 6.24. The number of carboxylic acid groups (broad SMARTS) is 1. The van der Waals surface area contributed by atoms with Crippen LogP contribution >= 0.6 is 23.4 Å². The van der Waals surface area contributed by atoms with E-state index < -0.39 is 11.4 Å². The van der Waals surface area contributed by atoms with E-state index in [4.69, 9.17) is 16.3 Å². The summed E-state index contributed by atoms with van der Waals surface area (Å²) in [5.41, 5.74) is 4.23. The van der Waals surface area contributed by atoms with Crippen molar-refractivity contribution in [2.45, 2.75) is 63.8 Å². The van der Waals surface area contributed by atoms with Gasteiger partial charge >= 0.3 is 5.97 Å². The fraction of sp³-hybridized carbons (Fsp3) is 0.294. The van der Waals surface area contributed by atoms with Gasteiger partial charge in [-0.3, -0.25) is 9.78 Å². The maximum absolute atomic E-state index is 12.3. The number of hydrogen-bond donors (Lipinski definition) is 1. The number of para-hydroxylation sites is 1. The van der Waals surface area contributed by atoms with E-state index in [9.17, 15) is 9.90 Å². The first kappa shape index (κ1) is 29.0. The highest BCUT2D eigenvalue weighted by Gasteiger charge is 2.32. The monoisotopic (exact) mass is 586 g/mol. The molecule has 212 valence electrons. The van der Waals surface area contributed by atoms with Gasteiger partial charge in [0.05, 0.1) is 10.9 Å². The molecule has 0 aliphatic carbocycles. The highest BCUT2D eigenvalue weighted by atomic mass is 35.5. The zero-order chi connectivity index (χ0) is 29.4. The molecule has 0 fully saturated rings. The smallest absolute Gasteiger partial charge is 0.309 e. The molecule has 0 bridgehead atoms. The number of benzene rings is 3. The summed E-state index contributed by atoms with van der Waals surface area (Å²) in [7, 11) is 0. The first-order chi connectivity index (χ1) is 19.4. The molecule has 41 heavy (non-hydrogen) atoms. The Hall–Kier alpha value is -3.48. The number of ether oxygens (including phenoxy) is 1. The van der Waals surface area contributed by atoms with Crippen molar-refractivity contribution < 1.29 is 14.6 Å². The average molecular weight is 587 g/mol. The number of carboxylic acids is 1. The number of hydrogen-bond acceptors (Lipinski definition) is 4. The Labute approximate surface area is 250 Å². The van der Waals surface area contributed by atoms with Crippen molar-refractivity contribution in [3.63, 3.8) is 0 Å². The normalized spacial score (nSPS) is 12.2. The van der Waals surface area contributed by atoms with Crippen LogP contribution in [0.25, 0.3) is 21.8 Å². The second kappa shape index (κ2) is 11.4. The van der Waals surface area contributed by atoms with Crippen LogP contribution in [0.2, 0.25) is 5.02 Å². The Morgan fingerprint density at radius 3 is 2.41 bits per heavy atom. The summed E-state index contributed by atoms with van der Waals surface area (Å²) in [4.78, 5) is 17.8. The fourth-order valence-electron chi connectivity index (χ4n) is 4.93. The molecule has 2 aromatic heterocycles. The summed E-state index contributed by atoms with van der Waals surface area (Å²) >= 11 is 7.94. The number of pyridine rings is 1. The van der Waals surface area contributed by atoms with Gasteiger partial charge < -0.3 is 14.4 Å². The van der Waals surface area contributed by atoms with Gasteiger partial charge in [0.25, 0.3) is 0 Å². The van der Waals surface area contributed by atoms with Gasteiger partial charge in [0.2, 0.25) is 0 Å². The molecule has 7 heteroatoms. The molecular weight excluding hydrogens is 552 g/mol. The zero-order valence-corrected chi connectivity index (χ0v) is 25.6. The molecule has 0 aliphatic rings. The summed E-state index contributed by atoms with van der Waals surface area (Å²) in [5, 5.41) is 12.9.